The molecule has 0 radical (unpaired) electrons. The molecule has 1 N–H and O–H groups in total. The number of aliphatic imine (C=N–C) groups is 2. The molecule has 1 unspecified atom stereocenters. The van der Waals surface area contributed by atoms with Gasteiger partial charge in [-0.25, -0.2) is 9.98 Å². The van der Waals surface area contributed by atoms with E-state index in [2.05, 4.69) is 212 Å². The number of hydrogen-bond acceptors (Lipinski definition) is 3. The summed E-state index contributed by atoms with van der Waals surface area (Å²) in [5, 5.41) is 9.08. The van der Waals surface area contributed by atoms with Gasteiger partial charge < -0.3 is 5.32 Å². The lowest BCUT2D eigenvalue weighted by Crippen LogP contribution is -2.33. The van der Waals surface area contributed by atoms with Gasteiger partial charge in [0.15, 0.2) is 5.84 Å². The summed E-state index contributed by atoms with van der Waals surface area (Å²) in [7, 11) is 0. The van der Waals surface area contributed by atoms with Crippen LogP contribution in [0.15, 0.2) is 234 Å². The van der Waals surface area contributed by atoms with Crippen molar-refractivity contribution in [3.8, 4) is 44.5 Å². The van der Waals surface area contributed by atoms with Crippen LogP contribution < -0.4 is 5.32 Å². The summed E-state index contributed by atoms with van der Waals surface area (Å²) in [6.45, 7) is 0. The number of rotatable bonds is 6. The molecular weight excluding hydrogens is 763 g/mol. The Morgan fingerprint density at radius 1 is 0.365 bits per heavy atom. The van der Waals surface area contributed by atoms with Crippen LogP contribution in [0.5, 0.6) is 0 Å². The molecule has 0 amide bonds. The molecule has 13 rings (SSSR count). The lowest BCUT2D eigenvalue weighted by Gasteiger charge is -2.31. The van der Waals surface area contributed by atoms with Gasteiger partial charge in [-0.2, -0.15) is 0 Å². The van der Waals surface area contributed by atoms with Crippen LogP contribution in [0.4, 0.5) is 0 Å². The van der Waals surface area contributed by atoms with E-state index in [0.717, 1.165) is 39.2 Å². The molecule has 1 spiro atoms. The summed E-state index contributed by atoms with van der Waals surface area (Å²) in [5.74, 6) is 1.50. The van der Waals surface area contributed by atoms with Crippen molar-refractivity contribution in [2.24, 2.45) is 9.98 Å². The minimum absolute atomic E-state index is 0.318. The van der Waals surface area contributed by atoms with E-state index >= 15 is 0 Å². The van der Waals surface area contributed by atoms with Gasteiger partial charge >= 0.3 is 0 Å². The van der Waals surface area contributed by atoms with Gasteiger partial charge in [-0.05, 0) is 112 Å². The molecule has 2 aliphatic carbocycles. The molecule has 0 fully saturated rings. The zero-order chi connectivity index (χ0) is 41.5. The molecule has 0 aromatic heterocycles. The number of nitrogens with zero attached hydrogens (tertiary/aromatic N) is 2. The zero-order valence-electron chi connectivity index (χ0n) is 34.3. The van der Waals surface area contributed by atoms with E-state index in [0.29, 0.717) is 5.84 Å². The lowest BCUT2D eigenvalue weighted by molar-refractivity contribution is 0.674. The molecule has 3 aliphatic rings. The summed E-state index contributed by atoms with van der Waals surface area (Å²) in [4.78, 5) is 10.4. The second kappa shape index (κ2) is 14.0. The third-order valence-electron chi connectivity index (χ3n) is 13.5. The van der Waals surface area contributed by atoms with E-state index in [1.54, 1.807) is 0 Å². The smallest absolute Gasteiger partial charge is 0.159 e. The maximum Gasteiger partial charge on any atom is 0.159 e. The first kappa shape index (κ1) is 35.6. The Labute approximate surface area is 366 Å². The predicted octanol–water partition coefficient (Wildman–Crippen LogP) is 14.2. The molecule has 0 bridgehead atoms. The molecule has 1 atom stereocenters. The standard InChI is InChI=1S/C60H39N3/c1-3-15-38(16-4-1)42-21-10-25-46(36-42)58-61-57(41-17-5-2-6-18-41)62-59(63-58)47-26-11-23-44(37-47)43-22-9-24-45(35-43)48-28-14-32-53-56(48)49-27-7-8-29-50(49)60(53)51-30-12-19-39-33-34-40-20-13-31-52(60)55(40)54(39)51/h1-37,58H,(H,61,62,63). The van der Waals surface area contributed by atoms with E-state index in [4.69, 9.17) is 9.98 Å². The highest BCUT2D eigenvalue weighted by molar-refractivity contribution is 6.18. The van der Waals surface area contributed by atoms with Gasteiger partial charge in [-0.1, -0.05) is 206 Å². The summed E-state index contributed by atoms with van der Waals surface area (Å²) in [6, 6.07) is 81.7. The third kappa shape index (κ3) is 5.39. The van der Waals surface area contributed by atoms with Crippen molar-refractivity contribution in [1.29, 1.82) is 0 Å². The monoisotopic (exact) mass is 801 g/mol. The second-order valence-electron chi connectivity index (χ2n) is 16.9. The van der Waals surface area contributed by atoms with Gasteiger partial charge in [-0.15, -0.1) is 0 Å². The minimum Gasteiger partial charge on any atom is -0.344 e. The fourth-order valence-electron chi connectivity index (χ4n) is 10.8. The molecule has 0 saturated carbocycles. The first-order chi connectivity index (χ1) is 31.2. The Morgan fingerprint density at radius 2 is 0.873 bits per heavy atom. The summed E-state index contributed by atoms with van der Waals surface area (Å²) < 4.78 is 0. The number of nitrogens with one attached hydrogen (secondary N) is 1. The van der Waals surface area contributed by atoms with Crippen LogP contribution in [-0.2, 0) is 5.41 Å². The second-order valence-corrected chi connectivity index (χ2v) is 16.9. The average Bonchev–Trinajstić information content (AvgIpc) is 3.85. The Balaban J connectivity index is 0.909. The summed E-state index contributed by atoms with van der Waals surface area (Å²) in [6.07, 6.45) is -0.318. The van der Waals surface area contributed by atoms with Crippen molar-refractivity contribution in [1.82, 2.24) is 5.32 Å². The molecule has 10 aromatic carbocycles. The molecular formula is C60H39N3. The summed E-state index contributed by atoms with van der Waals surface area (Å²) in [5.41, 5.74) is 17.8. The summed E-state index contributed by atoms with van der Waals surface area (Å²) >= 11 is 0. The van der Waals surface area contributed by atoms with E-state index in [1.807, 2.05) is 18.2 Å². The Bertz CT molecular complexity index is 3480. The fraction of sp³-hybridized carbons (Fsp3) is 0.0333. The minimum atomic E-state index is -0.396. The van der Waals surface area contributed by atoms with Crippen LogP contribution in [0.25, 0.3) is 66.1 Å². The number of amidine groups is 2. The van der Waals surface area contributed by atoms with Crippen LogP contribution in [0.1, 0.15) is 45.1 Å². The quantitative estimate of drug-likeness (QED) is 0.167. The van der Waals surface area contributed by atoms with E-state index in [1.165, 1.54) is 71.6 Å². The van der Waals surface area contributed by atoms with Crippen molar-refractivity contribution >= 4 is 33.2 Å². The Kier molecular flexibility index (Phi) is 7.88. The highest BCUT2D eigenvalue weighted by Gasteiger charge is 2.51. The zero-order valence-corrected chi connectivity index (χ0v) is 34.3. The van der Waals surface area contributed by atoms with Gasteiger partial charge in [-0.3, -0.25) is 0 Å². The first-order valence-electron chi connectivity index (χ1n) is 21.8. The van der Waals surface area contributed by atoms with Gasteiger partial charge in [0.25, 0.3) is 0 Å². The van der Waals surface area contributed by atoms with Crippen molar-refractivity contribution in [3.05, 3.63) is 263 Å². The molecule has 1 aliphatic heterocycles. The molecule has 3 heteroatoms. The largest absolute Gasteiger partial charge is 0.344 e. The Morgan fingerprint density at radius 3 is 1.60 bits per heavy atom. The van der Waals surface area contributed by atoms with E-state index in [-0.39, 0.29) is 6.17 Å². The first-order valence-corrected chi connectivity index (χ1v) is 21.8. The van der Waals surface area contributed by atoms with Crippen LogP contribution in [-0.4, -0.2) is 11.7 Å². The average molecular weight is 802 g/mol. The van der Waals surface area contributed by atoms with Crippen LogP contribution in [0, 0.1) is 0 Å². The molecule has 0 saturated heterocycles. The van der Waals surface area contributed by atoms with Crippen LogP contribution in [0.3, 0.4) is 0 Å². The predicted molar refractivity (Wildman–Crippen MR) is 260 cm³/mol. The molecule has 294 valence electrons. The maximum absolute atomic E-state index is 5.18. The molecule has 63 heavy (non-hydrogen) atoms. The van der Waals surface area contributed by atoms with Crippen LogP contribution in [0.2, 0.25) is 0 Å². The third-order valence-corrected chi connectivity index (χ3v) is 13.5. The van der Waals surface area contributed by atoms with Gasteiger partial charge in [0.1, 0.15) is 12.0 Å². The highest BCUT2D eigenvalue weighted by atomic mass is 15.2. The fourth-order valence-corrected chi connectivity index (χ4v) is 10.8. The maximum atomic E-state index is 5.18. The van der Waals surface area contributed by atoms with Crippen molar-refractivity contribution in [3.63, 3.8) is 0 Å². The molecule has 1 heterocycles. The molecule has 10 aromatic rings. The van der Waals surface area contributed by atoms with Gasteiger partial charge in [0, 0.05) is 11.1 Å². The number of benzene rings is 10. The number of hydrogen-bond donors (Lipinski definition) is 1. The molecule has 3 nitrogen and oxygen atoms in total. The topological polar surface area (TPSA) is 36.8 Å². The van der Waals surface area contributed by atoms with Crippen LogP contribution >= 0.6 is 0 Å². The Hall–Kier alpha value is -8.14. The van der Waals surface area contributed by atoms with E-state index < -0.39 is 5.41 Å². The van der Waals surface area contributed by atoms with Crippen molar-refractivity contribution in [2.45, 2.75) is 11.6 Å². The SMILES string of the molecule is c1ccc(C2=NC(c3cccc(-c4ccccc4)c3)NC(c3cccc(-c4cccc(-c5cccc6c5-c5ccccc5C65c6cccc7ccc8cccc5c8c67)c4)c3)=N2)cc1. The van der Waals surface area contributed by atoms with Crippen molar-refractivity contribution in [2.75, 3.05) is 0 Å². The van der Waals surface area contributed by atoms with Crippen molar-refractivity contribution < 1.29 is 0 Å². The number of fused-ring (bicyclic) bond motifs is 7. The van der Waals surface area contributed by atoms with Gasteiger partial charge in [0.2, 0.25) is 0 Å². The van der Waals surface area contributed by atoms with E-state index in [9.17, 15) is 0 Å². The van der Waals surface area contributed by atoms with Gasteiger partial charge in [0.05, 0.1) is 5.41 Å². The lowest BCUT2D eigenvalue weighted by atomic mass is 9.70. The highest BCUT2D eigenvalue weighted by Crippen LogP contribution is 2.63. The normalized spacial score (nSPS) is 15.3.